The zero-order valence-electron chi connectivity index (χ0n) is 21.9. The van der Waals surface area contributed by atoms with Crippen LogP contribution in [0.5, 0.6) is 0 Å². The maximum absolute atomic E-state index is 15.3. The molecule has 5 N–H and O–H groups in total. The number of benzene rings is 2. The first-order valence-electron chi connectivity index (χ1n) is 12.2. The van der Waals surface area contributed by atoms with Crippen LogP contribution in [-0.4, -0.2) is 42.0 Å². The van der Waals surface area contributed by atoms with Gasteiger partial charge in [-0.2, -0.15) is 18.3 Å². The van der Waals surface area contributed by atoms with Crippen LogP contribution in [0.25, 0.3) is 22.2 Å². The van der Waals surface area contributed by atoms with Gasteiger partial charge in [0.25, 0.3) is 0 Å². The number of pyridine rings is 2. The smallest absolute Gasteiger partial charge is 0.475 e. The van der Waals surface area contributed by atoms with Gasteiger partial charge in [0.05, 0.1) is 11.6 Å². The standard InChI is InChI=1S/C26H24FN7.C2HF3O2/c1-3-15-6-9-21(27)20(11-15)23(22-13-17-12-18(28)7-8-19(17)24(29)31-22)26-32-25(33-34(26)2)16-5-4-10-30-14-16;3-2(4,5)1(6)7/h4-14,23H,3,28H2,1-2H3,(H2,29,31);(H,6,7). The van der Waals surface area contributed by atoms with Crippen molar-refractivity contribution in [1.82, 2.24) is 24.7 Å². The van der Waals surface area contributed by atoms with Crippen molar-refractivity contribution in [3.63, 3.8) is 0 Å². The Morgan fingerprint density at radius 3 is 2.44 bits per heavy atom. The number of carbonyl (C=O) groups is 1. The largest absolute Gasteiger partial charge is 0.490 e. The summed E-state index contributed by atoms with van der Waals surface area (Å²) in [7, 11) is 1.79. The van der Waals surface area contributed by atoms with Crippen LogP contribution in [0.1, 0.15) is 35.5 Å². The van der Waals surface area contributed by atoms with Crippen LogP contribution >= 0.6 is 0 Å². The Morgan fingerprint density at radius 2 is 1.80 bits per heavy atom. The van der Waals surface area contributed by atoms with E-state index in [1.54, 1.807) is 36.3 Å². The molecule has 0 saturated heterocycles. The lowest BCUT2D eigenvalue weighted by molar-refractivity contribution is -0.192. The van der Waals surface area contributed by atoms with Gasteiger partial charge in [0.2, 0.25) is 0 Å². The second-order valence-corrected chi connectivity index (χ2v) is 9.02. The van der Waals surface area contributed by atoms with E-state index in [4.69, 9.17) is 26.4 Å². The number of fused-ring (bicyclic) bond motifs is 1. The van der Waals surface area contributed by atoms with Gasteiger partial charge in [-0.1, -0.05) is 19.1 Å². The van der Waals surface area contributed by atoms with Gasteiger partial charge in [0, 0.05) is 41.6 Å². The van der Waals surface area contributed by atoms with Crippen LogP contribution in [0.15, 0.2) is 67.0 Å². The number of nitrogen functional groups attached to an aromatic ring is 2. The summed E-state index contributed by atoms with van der Waals surface area (Å²) in [4.78, 5) is 22.5. The van der Waals surface area contributed by atoms with Crippen molar-refractivity contribution >= 4 is 28.2 Å². The molecule has 0 spiro atoms. The Labute approximate surface area is 231 Å². The van der Waals surface area contributed by atoms with Crippen LogP contribution in [-0.2, 0) is 18.3 Å². The number of aromatic nitrogens is 5. The molecular formula is C28H25F4N7O2. The molecule has 41 heavy (non-hydrogen) atoms. The van der Waals surface area contributed by atoms with E-state index in [9.17, 15) is 13.2 Å². The maximum atomic E-state index is 15.3. The lowest BCUT2D eigenvalue weighted by Crippen LogP contribution is -2.21. The number of carboxylic acid groups (broad SMARTS) is 1. The molecule has 0 fully saturated rings. The summed E-state index contributed by atoms with van der Waals surface area (Å²) >= 11 is 0. The monoisotopic (exact) mass is 567 g/mol. The zero-order chi connectivity index (χ0) is 29.9. The fourth-order valence-corrected chi connectivity index (χ4v) is 4.20. The normalized spacial score (nSPS) is 12.0. The van der Waals surface area contributed by atoms with Crippen LogP contribution in [0, 0.1) is 5.82 Å². The number of halogens is 4. The Hall–Kier alpha value is -5.07. The minimum atomic E-state index is -5.08. The lowest BCUT2D eigenvalue weighted by atomic mass is 9.91. The summed E-state index contributed by atoms with van der Waals surface area (Å²) in [6, 6.07) is 16.2. The number of aliphatic carboxylic acids is 1. The minimum absolute atomic E-state index is 0.346. The number of anilines is 2. The first-order chi connectivity index (χ1) is 19.4. The van der Waals surface area contributed by atoms with E-state index in [0.29, 0.717) is 34.4 Å². The molecule has 5 rings (SSSR count). The number of nitrogens with two attached hydrogens (primary N) is 2. The molecule has 0 amide bonds. The molecule has 1 unspecified atom stereocenters. The summed E-state index contributed by atoms with van der Waals surface area (Å²) in [6.07, 6.45) is -0.930. The molecule has 1 atom stereocenters. The van der Waals surface area contributed by atoms with Gasteiger partial charge in [-0.15, -0.1) is 0 Å². The van der Waals surface area contributed by atoms with Crippen LogP contribution in [0.3, 0.4) is 0 Å². The highest BCUT2D eigenvalue weighted by Crippen LogP contribution is 2.36. The molecule has 9 nitrogen and oxygen atoms in total. The first-order valence-corrected chi connectivity index (χ1v) is 12.2. The quantitative estimate of drug-likeness (QED) is 0.196. The molecule has 0 radical (unpaired) electrons. The van der Waals surface area contributed by atoms with E-state index in [0.717, 1.165) is 28.3 Å². The fourth-order valence-electron chi connectivity index (χ4n) is 4.20. The second kappa shape index (κ2) is 11.6. The third-order valence-corrected chi connectivity index (χ3v) is 6.20. The number of hydrogen-bond acceptors (Lipinski definition) is 7. The second-order valence-electron chi connectivity index (χ2n) is 9.02. The molecular weight excluding hydrogens is 542 g/mol. The maximum Gasteiger partial charge on any atom is 0.490 e. The van der Waals surface area contributed by atoms with Crippen LogP contribution in [0.4, 0.5) is 29.1 Å². The summed E-state index contributed by atoms with van der Waals surface area (Å²) in [5.74, 6) is -2.35. The fraction of sp³-hybridized carbons (Fsp3) is 0.179. The molecule has 0 aliphatic rings. The van der Waals surface area contributed by atoms with Crippen molar-refractivity contribution in [2.45, 2.75) is 25.4 Å². The van der Waals surface area contributed by atoms with E-state index in [1.165, 1.54) is 6.07 Å². The summed E-state index contributed by atoms with van der Waals surface area (Å²) in [5.41, 5.74) is 15.8. The Bertz CT molecular complexity index is 1710. The van der Waals surface area contributed by atoms with E-state index in [2.05, 4.69) is 15.1 Å². The topological polar surface area (TPSA) is 146 Å². The van der Waals surface area contributed by atoms with E-state index in [-0.39, 0.29) is 5.82 Å². The highest BCUT2D eigenvalue weighted by Gasteiger charge is 2.38. The lowest BCUT2D eigenvalue weighted by Gasteiger charge is -2.19. The van der Waals surface area contributed by atoms with Gasteiger partial charge in [0.1, 0.15) is 17.5 Å². The number of hydrogen-bond donors (Lipinski definition) is 3. The highest BCUT2D eigenvalue weighted by atomic mass is 19.4. The van der Waals surface area contributed by atoms with E-state index < -0.39 is 18.1 Å². The SMILES string of the molecule is CCc1ccc(F)c(C(c2cc3cc(N)ccc3c(N)n2)c2nc(-c3cccnc3)nn2C)c1.O=C(O)C(F)(F)F. The van der Waals surface area contributed by atoms with Crippen molar-refractivity contribution in [3.05, 3.63) is 95.5 Å². The molecule has 13 heteroatoms. The number of aryl methyl sites for hydroxylation is 2. The minimum Gasteiger partial charge on any atom is -0.475 e. The third-order valence-electron chi connectivity index (χ3n) is 6.20. The highest BCUT2D eigenvalue weighted by molar-refractivity contribution is 5.93. The molecule has 5 aromatic rings. The number of carboxylic acids is 1. The van der Waals surface area contributed by atoms with Crippen molar-refractivity contribution in [3.8, 4) is 11.4 Å². The van der Waals surface area contributed by atoms with Gasteiger partial charge in [-0.05, 0) is 59.8 Å². The molecule has 0 aliphatic carbocycles. The Kier molecular flexibility index (Phi) is 8.17. The van der Waals surface area contributed by atoms with Crippen molar-refractivity contribution in [2.75, 3.05) is 11.5 Å². The van der Waals surface area contributed by atoms with E-state index in [1.807, 2.05) is 43.3 Å². The Balaban J connectivity index is 0.000000493. The molecule has 0 bridgehead atoms. The first kappa shape index (κ1) is 28.9. The number of nitrogens with zero attached hydrogens (tertiary/aromatic N) is 5. The zero-order valence-corrected chi connectivity index (χ0v) is 21.9. The van der Waals surface area contributed by atoms with Gasteiger partial charge in [-0.25, -0.2) is 19.2 Å². The van der Waals surface area contributed by atoms with Crippen LogP contribution < -0.4 is 11.5 Å². The summed E-state index contributed by atoms with van der Waals surface area (Å²) in [5, 5.41) is 13.3. The van der Waals surface area contributed by atoms with Gasteiger partial charge >= 0.3 is 12.1 Å². The van der Waals surface area contributed by atoms with Crippen LogP contribution in [0.2, 0.25) is 0 Å². The molecule has 0 aliphatic heterocycles. The predicted octanol–water partition coefficient (Wildman–Crippen LogP) is 5.10. The molecule has 3 aromatic heterocycles. The average molecular weight is 568 g/mol. The average Bonchev–Trinajstić information content (AvgIpc) is 3.31. The molecule has 3 heterocycles. The number of alkyl halides is 3. The summed E-state index contributed by atoms with van der Waals surface area (Å²) < 4.78 is 48.7. The van der Waals surface area contributed by atoms with Crippen molar-refractivity contribution in [1.29, 1.82) is 0 Å². The van der Waals surface area contributed by atoms with E-state index >= 15 is 4.39 Å². The Morgan fingerprint density at radius 1 is 1.07 bits per heavy atom. The van der Waals surface area contributed by atoms with Gasteiger partial charge in [-0.3, -0.25) is 9.67 Å². The van der Waals surface area contributed by atoms with Crippen molar-refractivity contribution < 1.29 is 27.5 Å². The third kappa shape index (κ3) is 6.40. The number of rotatable bonds is 5. The predicted molar refractivity (Wildman–Crippen MR) is 145 cm³/mol. The van der Waals surface area contributed by atoms with Gasteiger partial charge < -0.3 is 16.6 Å². The van der Waals surface area contributed by atoms with Crippen molar-refractivity contribution in [2.24, 2.45) is 7.05 Å². The molecule has 212 valence electrons. The molecule has 0 saturated carbocycles. The molecule has 2 aromatic carbocycles. The van der Waals surface area contributed by atoms with Gasteiger partial charge in [0.15, 0.2) is 5.82 Å². The summed E-state index contributed by atoms with van der Waals surface area (Å²) in [6.45, 7) is 2.03.